The number of hydrogen-bond acceptors (Lipinski definition) is 4. The third-order valence-electron chi connectivity index (χ3n) is 3.00. The van der Waals surface area contributed by atoms with Crippen molar-refractivity contribution in [3.63, 3.8) is 0 Å². The van der Waals surface area contributed by atoms with Crippen molar-refractivity contribution in [2.75, 3.05) is 7.11 Å². The summed E-state index contributed by atoms with van der Waals surface area (Å²) in [6.45, 7) is 2.08. The average Bonchev–Trinajstić information content (AvgIpc) is 2.89. The zero-order valence-corrected chi connectivity index (χ0v) is 14.9. The second-order valence-corrected chi connectivity index (χ2v) is 5.88. The van der Waals surface area contributed by atoms with Gasteiger partial charge in [0.25, 0.3) is 0 Å². The van der Waals surface area contributed by atoms with Crippen LogP contribution in [0.3, 0.4) is 0 Å². The van der Waals surface area contributed by atoms with Crippen LogP contribution >= 0.6 is 31.9 Å². The molecule has 0 bridgehead atoms. The number of aromatic nitrogens is 3. The van der Waals surface area contributed by atoms with Crippen LogP contribution < -0.4 is 0 Å². The SMILES string of the molecule is CCCc1nnc(CBr)n1-c1ccc(Br)cc1C(=O)OC. The summed E-state index contributed by atoms with van der Waals surface area (Å²) in [7, 11) is 1.37. The number of rotatable bonds is 5. The third-order valence-corrected chi connectivity index (χ3v) is 3.99. The zero-order chi connectivity index (χ0) is 15.4. The van der Waals surface area contributed by atoms with Crippen molar-refractivity contribution in [2.45, 2.75) is 25.1 Å². The molecule has 0 saturated heterocycles. The van der Waals surface area contributed by atoms with E-state index >= 15 is 0 Å². The minimum Gasteiger partial charge on any atom is -0.465 e. The van der Waals surface area contributed by atoms with Gasteiger partial charge in [0, 0.05) is 10.9 Å². The van der Waals surface area contributed by atoms with Crippen molar-refractivity contribution >= 4 is 37.8 Å². The van der Waals surface area contributed by atoms with E-state index in [1.165, 1.54) is 7.11 Å². The van der Waals surface area contributed by atoms with E-state index in [0.717, 1.165) is 34.7 Å². The van der Waals surface area contributed by atoms with E-state index < -0.39 is 0 Å². The number of ether oxygens (including phenoxy) is 1. The minimum absolute atomic E-state index is 0.386. The highest BCUT2D eigenvalue weighted by Gasteiger charge is 2.19. The molecule has 1 heterocycles. The summed E-state index contributed by atoms with van der Waals surface area (Å²) in [5.41, 5.74) is 1.21. The van der Waals surface area contributed by atoms with Gasteiger partial charge in [-0.25, -0.2) is 4.79 Å². The van der Waals surface area contributed by atoms with Crippen LogP contribution in [0.15, 0.2) is 22.7 Å². The average molecular weight is 417 g/mol. The largest absolute Gasteiger partial charge is 0.465 e. The highest BCUT2D eigenvalue weighted by atomic mass is 79.9. The van der Waals surface area contributed by atoms with E-state index in [9.17, 15) is 4.79 Å². The van der Waals surface area contributed by atoms with Gasteiger partial charge in [0.1, 0.15) is 11.6 Å². The molecule has 7 heteroatoms. The van der Waals surface area contributed by atoms with Crippen LogP contribution in [-0.4, -0.2) is 27.8 Å². The second-order valence-electron chi connectivity index (χ2n) is 4.40. The molecule has 5 nitrogen and oxygen atoms in total. The summed E-state index contributed by atoms with van der Waals surface area (Å²) in [4.78, 5) is 12.0. The molecule has 112 valence electrons. The van der Waals surface area contributed by atoms with Crippen LogP contribution in [0.5, 0.6) is 0 Å². The maximum absolute atomic E-state index is 12.0. The van der Waals surface area contributed by atoms with Crippen molar-refractivity contribution < 1.29 is 9.53 Å². The molecular weight excluding hydrogens is 402 g/mol. The van der Waals surface area contributed by atoms with Gasteiger partial charge in [-0.1, -0.05) is 38.8 Å². The quantitative estimate of drug-likeness (QED) is 0.551. The Morgan fingerprint density at radius 2 is 2.05 bits per heavy atom. The van der Waals surface area contributed by atoms with Gasteiger partial charge in [-0.05, 0) is 24.6 Å². The number of aryl methyl sites for hydroxylation is 1. The summed E-state index contributed by atoms with van der Waals surface area (Å²) in [5.74, 6) is 1.20. The van der Waals surface area contributed by atoms with Crippen LogP contribution in [0.2, 0.25) is 0 Å². The number of methoxy groups -OCH3 is 1. The lowest BCUT2D eigenvalue weighted by Crippen LogP contribution is -2.12. The molecule has 0 radical (unpaired) electrons. The van der Waals surface area contributed by atoms with Crippen molar-refractivity contribution in [1.82, 2.24) is 14.8 Å². The third kappa shape index (κ3) is 3.35. The van der Waals surface area contributed by atoms with E-state index in [2.05, 4.69) is 49.0 Å². The molecule has 2 rings (SSSR count). The Labute approximate surface area is 140 Å². The summed E-state index contributed by atoms with van der Waals surface area (Å²) < 4.78 is 7.61. The number of carbonyl (C=O) groups is 1. The van der Waals surface area contributed by atoms with Crippen LogP contribution in [0.1, 0.15) is 35.4 Å². The molecule has 0 fully saturated rings. The van der Waals surface area contributed by atoms with Gasteiger partial charge in [-0.15, -0.1) is 10.2 Å². The van der Waals surface area contributed by atoms with Gasteiger partial charge in [-0.2, -0.15) is 0 Å². The summed E-state index contributed by atoms with van der Waals surface area (Å²) in [6.07, 6.45) is 1.74. The molecular formula is C14H15Br2N3O2. The molecule has 0 aliphatic carbocycles. The second kappa shape index (κ2) is 7.17. The van der Waals surface area contributed by atoms with Gasteiger partial charge in [0.15, 0.2) is 0 Å². The minimum atomic E-state index is -0.386. The Balaban J connectivity index is 2.66. The fourth-order valence-corrected chi connectivity index (χ4v) is 2.80. The van der Waals surface area contributed by atoms with E-state index in [1.807, 2.05) is 16.7 Å². The number of benzene rings is 1. The number of carbonyl (C=O) groups excluding carboxylic acids is 1. The zero-order valence-electron chi connectivity index (χ0n) is 11.8. The van der Waals surface area contributed by atoms with E-state index in [-0.39, 0.29) is 5.97 Å². The Morgan fingerprint density at radius 1 is 1.33 bits per heavy atom. The normalized spacial score (nSPS) is 10.7. The molecule has 0 atom stereocenters. The lowest BCUT2D eigenvalue weighted by molar-refractivity contribution is 0.0600. The fraction of sp³-hybridized carbons (Fsp3) is 0.357. The lowest BCUT2D eigenvalue weighted by atomic mass is 10.1. The van der Waals surface area contributed by atoms with Crippen molar-refractivity contribution in [1.29, 1.82) is 0 Å². The topological polar surface area (TPSA) is 57.0 Å². The Morgan fingerprint density at radius 3 is 2.67 bits per heavy atom. The van der Waals surface area contributed by atoms with Crippen LogP contribution in [0, 0.1) is 0 Å². The molecule has 0 spiro atoms. The van der Waals surface area contributed by atoms with Crippen molar-refractivity contribution in [2.24, 2.45) is 0 Å². The van der Waals surface area contributed by atoms with E-state index in [4.69, 9.17) is 4.74 Å². The summed E-state index contributed by atoms with van der Waals surface area (Å²) in [6, 6.07) is 5.50. The standard InChI is InChI=1S/C14H15Br2N3O2/c1-3-4-12-17-18-13(8-15)19(12)11-6-5-9(16)7-10(11)14(20)21-2/h5-7H,3-4,8H2,1-2H3. The first-order valence-electron chi connectivity index (χ1n) is 6.49. The molecule has 0 N–H and O–H groups in total. The molecule has 0 aliphatic heterocycles. The van der Waals surface area contributed by atoms with Crippen molar-refractivity contribution in [3.05, 3.63) is 39.9 Å². The van der Waals surface area contributed by atoms with Gasteiger partial charge >= 0.3 is 5.97 Å². The van der Waals surface area contributed by atoms with Crippen LogP contribution in [0.25, 0.3) is 5.69 Å². The summed E-state index contributed by atoms with van der Waals surface area (Å²) in [5, 5.41) is 8.96. The van der Waals surface area contributed by atoms with Gasteiger partial charge < -0.3 is 4.74 Å². The molecule has 1 aromatic heterocycles. The van der Waals surface area contributed by atoms with Crippen LogP contribution in [0.4, 0.5) is 0 Å². The highest BCUT2D eigenvalue weighted by Crippen LogP contribution is 2.24. The first kappa shape index (κ1) is 16.2. The molecule has 0 aliphatic rings. The number of esters is 1. The predicted molar refractivity (Wildman–Crippen MR) is 87.0 cm³/mol. The van der Waals surface area contributed by atoms with Crippen LogP contribution in [-0.2, 0) is 16.5 Å². The first-order valence-corrected chi connectivity index (χ1v) is 8.41. The monoisotopic (exact) mass is 415 g/mol. The maximum atomic E-state index is 12.0. The fourth-order valence-electron chi connectivity index (χ4n) is 2.08. The maximum Gasteiger partial charge on any atom is 0.340 e. The Bertz CT molecular complexity index is 656. The molecule has 2 aromatic rings. The highest BCUT2D eigenvalue weighted by molar-refractivity contribution is 9.10. The lowest BCUT2D eigenvalue weighted by Gasteiger charge is -2.13. The molecule has 1 aromatic carbocycles. The number of alkyl halides is 1. The Kier molecular flexibility index (Phi) is 5.52. The number of halogens is 2. The predicted octanol–water partition coefficient (Wildman–Crippen LogP) is 3.66. The number of hydrogen-bond donors (Lipinski definition) is 0. The first-order chi connectivity index (χ1) is 10.1. The molecule has 0 amide bonds. The molecule has 0 unspecified atom stereocenters. The van der Waals surface area contributed by atoms with Gasteiger partial charge in [0.05, 0.1) is 23.7 Å². The molecule has 0 saturated carbocycles. The van der Waals surface area contributed by atoms with Crippen molar-refractivity contribution in [3.8, 4) is 5.69 Å². The van der Waals surface area contributed by atoms with E-state index in [0.29, 0.717) is 10.9 Å². The van der Waals surface area contributed by atoms with Gasteiger partial charge in [0.2, 0.25) is 0 Å². The van der Waals surface area contributed by atoms with Gasteiger partial charge in [-0.3, -0.25) is 4.57 Å². The van der Waals surface area contributed by atoms with E-state index in [1.54, 1.807) is 6.07 Å². The molecule has 21 heavy (non-hydrogen) atoms. The smallest absolute Gasteiger partial charge is 0.340 e. The summed E-state index contributed by atoms with van der Waals surface area (Å²) >= 11 is 6.80. The Hall–Kier alpha value is -1.21. The number of nitrogens with zero attached hydrogens (tertiary/aromatic N) is 3.